The molecule has 0 heterocycles. The van der Waals surface area contributed by atoms with Crippen LogP contribution in [0.1, 0.15) is 24.5 Å². The minimum absolute atomic E-state index is 0.118. The number of ether oxygens (including phenoxy) is 3. The molecule has 0 unspecified atom stereocenters. The number of hydrogen-bond donors (Lipinski definition) is 4. The van der Waals surface area contributed by atoms with Gasteiger partial charge in [-0.15, -0.1) is 11.8 Å². The number of nitrogen functional groups attached to an aromatic ring is 1. The highest BCUT2D eigenvalue weighted by Gasteiger charge is 2.29. The van der Waals surface area contributed by atoms with Crippen LogP contribution in [-0.2, 0) is 9.53 Å². The third kappa shape index (κ3) is 10.6. The van der Waals surface area contributed by atoms with E-state index in [4.69, 9.17) is 19.9 Å². The van der Waals surface area contributed by atoms with E-state index in [9.17, 15) is 14.7 Å². The van der Waals surface area contributed by atoms with E-state index in [1.807, 2.05) is 66.9 Å². The lowest BCUT2D eigenvalue weighted by Gasteiger charge is -2.28. The van der Waals surface area contributed by atoms with Crippen LogP contribution in [0.2, 0.25) is 0 Å². The van der Waals surface area contributed by atoms with Crippen LogP contribution in [0.4, 0.5) is 21.9 Å². The van der Waals surface area contributed by atoms with Gasteiger partial charge >= 0.3 is 6.09 Å². The number of carbonyl (C=O) groups excluding carboxylic acids is 2. The van der Waals surface area contributed by atoms with Crippen LogP contribution in [0.15, 0.2) is 120 Å². The smallest absolute Gasteiger partial charge is 0.412 e. The second-order valence-electron chi connectivity index (χ2n) is 9.85. The molecule has 0 spiro atoms. The van der Waals surface area contributed by atoms with E-state index in [-0.39, 0.29) is 19.1 Å². The summed E-state index contributed by atoms with van der Waals surface area (Å²) in [5.74, 6) is 0.790. The van der Waals surface area contributed by atoms with Crippen molar-refractivity contribution in [1.82, 2.24) is 0 Å². The van der Waals surface area contributed by atoms with Gasteiger partial charge in [0, 0.05) is 10.6 Å². The summed E-state index contributed by atoms with van der Waals surface area (Å²) in [7, 11) is 0. The summed E-state index contributed by atoms with van der Waals surface area (Å²) in [6.45, 7) is -0.0225. The van der Waals surface area contributed by atoms with Crippen molar-refractivity contribution in [2.75, 3.05) is 35.8 Å². The highest BCUT2D eigenvalue weighted by Crippen LogP contribution is 2.31. The Labute approximate surface area is 267 Å². The number of amides is 2. The molecule has 45 heavy (non-hydrogen) atoms. The molecule has 0 aliphatic rings. The van der Waals surface area contributed by atoms with Crippen molar-refractivity contribution in [3.05, 3.63) is 121 Å². The van der Waals surface area contributed by atoms with E-state index >= 15 is 0 Å². The summed E-state index contributed by atoms with van der Waals surface area (Å²) in [4.78, 5) is 26.9. The Morgan fingerprint density at radius 3 is 2.38 bits per heavy atom. The van der Waals surface area contributed by atoms with Gasteiger partial charge in [-0.25, -0.2) is 4.79 Å². The number of aliphatic hydroxyl groups excluding tert-OH is 1. The first kappa shape index (κ1) is 33.0. The highest BCUT2D eigenvalue weighted by molar-refractivity contribution is 7.98. The predicted octanol–water partition coefficient (Wildman–Crippen LogP) is 7.07. The third-order valence-electron chi connectivity index (χ3n) is 6.59. The van der Waals surface area contributed by atoms with E-state index in [0.29, 0.717) is 47.0 Å². The standard InChI is InChI=1S/C35H37N3O6S/c1-45-29-20-18-26(19-21-29)37-35(41)44-34(25-10-9-13-28(24-25)42-23-22-39)32(43-27-11-3-2-4-12-27)16-7-8-17-33(40)38-31-15-6-5-14-30(31)36/h2-6,8-15,17-21,24,32,34,39H,7,16,22-23,36H2,1H3,(H,37,41)(H,38,40)/b17-8+/t32-,34-/m1/s1. The molecule has 4 rings (SSSR count). The molecule has 0 saturated heterocycles. The largest absolute Gasteiger partial charge is 0.491 e. The second-order valence-corrected chi connectivity index (χ2v) is 10.7. The van der Waals surface area contributed by atoms with Crippen LogP contribution in [0.3, 0.4) is 0 Å². The van der Waals surface area contributed by atoms with Crippen molar-refractivity contribution in [3.63, 3.8) is 0 Å². The molecule has 0 aliphatic carbocycles. The number of benzene rings is 4. The quantitative estimate of drug-likeness (QED) is 0.0625. The Kier molecular flexibility index (Phi) is 12.7. The van der Waals surface area contributed by atoms with Crippen LogP contribution in [0, 0.1) is 0 Å². The Bertz CT molecular complexity index is 1550. The van der Waals surface area contributed by atoms with Crippen LogP contribution in [0.25, 0.3) is 0 Å². The van der Waals surface area contributed by atoms with Gasteiger partial charge < -0.3 is 30.4 Å². The zero-order valence-electron chi connectivity index (χ0n) is 24.9. The molecule has 0 aromatic heterocycles. The maximum absolute atomic E-state index is 13.2. The molecule has 0 radical (unpaired) electrons. The fraction of sp³-hybridized carbons (Fsp3) is 0.200. The minimum atomic E-state index is -0.861. The lowest BCUT2D eigenvalue weighted by Crippen LogP contribution is -2.31. The van der Waals surface area contributed by atoms with Crippen LogP contribution in [-0.4, -0.2) is 42.7 Å². The number of thioether (sulfide) groups is 1. The molecule has 4 aromatic rings. The highest BCUT2D eigenvalue weighted by atomic mass is 32.2. The average Bonchev–Trinajstić information content (AvgIpc) is 3.06. The van der Waals surface area contributed by atoms with Gasteiger partial charge in [-0.05, 0) is 91.4 Å². The molecule has 10 heteroatoms. The third-order valence-corrected chi connectivity index (χ3v) is 7.33. The molecule has 2 atom stereocenters. The molecular weight excluding hydrogens is 590 g/mol. The van der Waals surface area contributed by atoms with E-state index in [1.165, 1.54) is 6.08 Å². The average molecular weight is 628 g/mol. The zero-order valence-corrected chi connectivity index (χ0v) is 25.7. The number of hydrogen-bond acceptors (Lipinski definition) is 8. The van der Waals surface area contributed by atoms with E-state index in [0.717, 1.165) is 4.90 Å². The number of anilines is 3. The maximum atomic E-state index is 13.2. The first-order chi connectivity index (χ1) is 21.9. The lowest BCUT2D eigenvalue weighted by molar-refractivity contribution is -0.111. The number of nitrogens with two attached hydrogens (primary N) is 1. The van der Waals surface area contributed by atoms with Crippen molar-refractivity contribution in [2.24, 2.45) is 0 Å². The van der Waals surface area contributed by atoms with Gasteiger partial charge in [-0.1, -0.05) is 48.5 Å². The zero-order chi connectivity index (χ0) is 31.9. The molecule has 5 N–H and O–H groups in total. The first-order valence-electron chi connectivity index (χ1n) is 14.4. The Hall–Kier alpha value is -4.93. The van der Waals surface area contributed by atoms with Crippen LogP contribution < -0.4 is 25.8 Å². The number of allylic oxidation sites excluding steroid dienone is 1. The van der Waals surface area contributed by atoms with Crippen molar-refractivity contribution >= 4 is 40.8 Å². The van der Waals surface area contributed by atoms with Gasteiger partial charge in [0.05, 0.1) is 18.0 Å². The van der Waals surface area contributed by atoms with Gasteiger partial charge in [0.1, 0.15) is 24.2 Å². The van der Waals surface area contributed by atoms with Crippen molar-refractivity contribution in [3.8, 4) is 11.5 Å². The summed E-state index contributed by atoms with van der Waals surface area (Å²) >= 11 is 1.60. The number of aliphatic hydroxyl groups is 1. The topological polar surface area (TPSA) is 132 Å². The van der Waals surface area contributed by atoms with Crippen LogP contribution >= 0.6 is 11.8 Å². The van der Waals surface area contributed by atoms with E-state index in [2.05, 4.69) is 10.6 Å². The Balaban J connectivity index is 1.56. The number of rotatable bonds is 15. The Morgan fingerprint density at radius 1 is 0.911 bits per heavy atom. The fourth-order valence-electron chi connectivity index (χ4n) is 4.42. The fourth-order valence-corrected chi connectivity index (χ4v) is 4.83. The van der Waals surface area contributed by atoms with E-state index in [1.54, 1.807) is 60.3 Å². The molecule has 234 valence electrons. The molecule has 0 aliphatic heterocycles. The number of para-hydroxylation sites is 3. The maximum Gasteiger partial charge on any atom is 0.412 e. The van der Waals surface area contributed by atoms with Crippen molar-refractivity contribution in [2.45, 2.75) is 29.9 Å². The molecule has 4 aromatic carbocycles. The number of nitrogens with one attached hydrogen (secondary N) is 2. The molecular formula is C35H37N3O6S. The lowest BCUT2D eigenvalue weighted by atomic mass is 9.99. The molecule has 0 saturated carbocycles. The monoisotopic (exact) mass is 627 g/mol. The Morgan fingerprint density at radius 2 is 1.64 bits per heavy atom. The molecule has 0 fully saturated rings. The molecule has 2 amide bonds. The van der Waals surface area contributed by atoms with Crippen molar-refractivity contribution < 1.29 is 28.9 Å². The van der Waals surface area contributed by atoms with Gasteiger partial charge in [-0.2, -0.15) is 0 Å². The predicted molar refractivity (Wildman–Crippen MR) is 179 cm³/mol. The SMILES string of the molecule is CSc1ccc(NC(=O)O[C@H](c2cccc(OCCO)c2)[C@@H](CC/C=C/C(=O)Nc2ccccc2N)Oc2ccccc2)cc1. The van der Waals surface area contributed by atoms with E-state index < -0.39 is 18.3 Å². The van der Waals surface area contributed by atoms with Gasteiger partial charge in [0.2, 0.25) is 5.91 Å². The molecule has 0 bridgehead atoms. The summed E-state index contributed by atoms with van der Waals surface area (Å²) in [6.07, 6.45) is 3.82. The number of carbonyl (C=O) groups is 2. The second kappa shape index (κ2) is 17.4. The normalized spacial score (nSPS) is 12.2. The summed E-state index contributed by atoms with van der Waals surface area (Å²) in [6, 6.07) is 30.9. The summed E-state index contributed by atoms with van der Waals surface area (Å²) in [5.41, 5.74) is 8.17. The van der Waals surface area contributed by atoms with Gasteiger partial charge in [0.15, 0.2) is 6.10 Å². The minimum Gasteiger partial charge on any atom is -0.491 e. The first-order valence-corrected chi connectivity index (χ1v) is 15.7. The van der Waals surface area contributed by atoms with Gasteiger partial charge in [-0.3, -0.25) is 10.1 Å². The molecule has 9 nitrogen and oxygen atoms in total. The summed E-state index contributed by atoms with van der Waals surface area (Å²) < 4.78 is 18.1. The van der Waals surface area contributed by atoms with Crippen LogP contribution in [0.5, 0.6) is 11.5 Å². The van der Waals surface area contributed by atoms with Crippen molar-refractivity contribution in [1.29, 1.82) is 0 Å². The van der Waals surface area contributed by atoms with Gasteiger partial charge in [0.25, 0.3) is 0 Å². The summed E-state index contributed by atoms with van der Waals surface area (Å²) in [5, 5.41) is 14.8.